The molecule has 3 heteroatoms. The number of anilines is 1. The first-order chi connectivity index (χ1) is 9.74. The van der Waals surface area contributed by atoms with Crippen molar-refractivity contribution in [1.82, 2.24) is 0 Å². The van der Waals surface area contributed by atoms with Gasteiger partial charge in [0.25, 0.3) is 0 Å². The number of halogens is 2. The minimum atomic E-state index is -0.368. The van der Waals surface area contributed by atoms with Gasteiger partial charge in [0.1, 0.15) is 11.6 Å². The summed E-state index contributed by atoms with van der Waals surface area (Å²) < 4.78 is 26.8. The molecule has 0 saturated heterocycles. The van der Waals surface area contributed by atoms with Gasteiger partial charge in [0.05, 0.1) is 0 Å². The molecule has 1 N–H and O–H groups in total. The Labute approximate surface area is 117 Å². The Balaban J connectivity index is 1.75. The summed E-state index contributed by atoms with van der Waals surface area (Å²) in [4.78, 5) is 0. The zero-order valence-electron chi connectivity index (χ0n) is 11.2. The Morgan fingerprint density at radius 2 is 1.95 bits per heavy atom. The maximum atomic E-state index is 13.6. The van der Waals surface area contributed by atoms with E-state index in [1.807, 2.05) is 12.1 Å². The molecule has 0 bridgehead atoms. The summed E-state index contributed by atoms with van der Waals surface area (Å²) in [6.07, 6.45) is 2.45. The molecule has 2 aromatic carbocycles. The average Bonchev–Trinajstić information content (AvgIpc) is 2.48. The van der Waals surface area contributed by atoms with Gasteiger partial charge in [-0.1, -0.05) is 18.2 Å². The molecule has 0 saturated carbocycles. The number of fused-ring (bicyclic) bond motifs is 1. The van der Waals surface area contributed by atoms with Crippen molar-refractivity contribution in [1.29, 1.82) is 0 Å². The van der Waals surface area contributed by atoms with E-state index in [4.69, 9.17) is 0 Å². The van der Waals surface area contributed by atoms with E-state index in [0.717, 1.165) is 19.4 Å². The fourth-order valence-electron chi connectivity index (χ4n) is 2.92. The number of benzene rings is 2. The summed E-state index contributed by atoms with van der Waals surface area (Å²) in [5, 5.41) is 3.38. The van der Waals surface area contributed by atoms with Gasteiger partial charge >= 0.3 is 0 Å². The lowest BCUT2D eigenvalue weighted by Crippen LogP contribution is -2.17. The van der Waals surface area contributed by atoms with E-state index in [2.05, 4.69) is 17.4 Å². The highest BCUT2D eigenvalue weighted by Crippen LogP contribution is 2.34. The van der Waals surface area contributed by atoms with Gasteiger partial charge < -0.3 is 5.32 Å². The number of hydrogen-bond donors (Lipinski definition) is 1. The highest BCUT2D eigenvalue weighted by atomic mass is 19.1. The Morgan fingerprint density at radius 3 is 2.85 bits per heavy atom. The molecule has 20 heavy (non-hydrogen) atoms. The van der Waals surface area contributed by atoms with Gasteiger partial charge in [0.15, 0.2) is 0 Å². The third kappa shape index (κ3) is 2.67. The maximum Gasteiger partial charge on any atom is 0.126 e. The number of aryl methyl sites for hydroxylation is 1. The van der Waals surface area contributed by atoms with Gasteiger partial charge in [-0.25, -0.2) is 8.78 Å². The maximum absolute atomic E-state index is 13.6. The van der Waals surface area contributed by atoms with E-state index in [1.54, 1.807) is 0 Å². The third-order valence-corrected chi connectivity index (χ3v) is 3.98. The van der Waals surface area contributed by atoms with E-state index < -0.39 is 0 Å². The van der Waals surface area contributed by atoms with Crippen molar-refractivity contribution in [2.45, 2.75) is 25.2 Å². The molecule has 104 valence electrons. The topological polar surface area (TPSA) is 12.0 Å². The SMILES string of the molecule is Fc1ccc(F)c(CCC2CCNc3ccccc32)c1. The molecule has 0 fully saturated rings. The van der Waals surface area contributed by atoms with E-state index in [0.29, 0.717) is 17.9 Å². The molecule has 3 rings (SSSR count). The van der Waals surface area contributed by atoms with Crippen LogP contribution in [0, 0.1) is 11.6 Å². The van der Waals surface area contributed by atoms with Gasteiger partial charge in [-0.05, 0) is 60.6 Å². The van der Waals surface area contributed by atoms with Crippen LogP contribution in [0.5, 0.6) is 0 Å². The summed E-state index contributed by atoms with van der Waals surface area (Å²) in [7, 11) is 0. The second kappa shape index (κ2) is 5.61. The fourth-order valence-corrected chi connectivity index (χ4v) is 2.92. The largest absolute Gasteiger partial charge is 0.385 e. The van der Waals surface area contributed by atoms with E-state index in [-0.39, 0.29) is 11.6 Å². The van der Waals surface area contributed by atoms with Crippen LogP contribution in [-0.2, 0) is 6.42 Å². The number of nitrogens with one attached hydrogen (secondary N) is 1. The normalized spacial score (nSPS) is 17.4. The van der Waals surface area contributed by atoms with Crippen LogP contribution in [0.1, 0.15) is 29.9 Å². The molecule has 0 aliphatic carbocycles. The highest BCUT2D eigenvalue weighted by molar-refractivity contribution is 5.54. The van der Waals surface area contributed by atoms with Gasteiger partial charge in [-0.3, -0.25) is 0 Å². The second-order valence-electron chi connectivity index (χ2n) is 5.27. The molecular weight excluding hydrogens is 256 g/mol. The summed E-state index contributed by atoms with van der Waals surface area (Å²) in [6.45, 7) is 0.938. The van der Waals surface area contributed by atoms with Gasteiger partial charge in [0.2, 0.25) is 0 Å². The minimum Gasteiger partial charge on any atom is -0.385 e. The van der Waals surface area contributed by atoms with Gasteiger partial charge in [0, 0.05) is 12.2 Å². The third-order valence-electron chi connectivity index (χ3n) is 3.98. The van der Waals surface area contributed by atoms with Crippen molar-refractivity contribution in [3.05, 3.63) is 65.2 Å². The first-order valence-corrected chi connectivity index (χ1v) is 7.01. The minimum absolute atomic E-state index is 0.311. The first kappa shape index (κ1) is 13.1. The van der Waals surface area contributed by atoms with Crippen molar-refractivity contribution in [3.8, 4) is 0 Å². The lowest BCUT2D eigenvalue weighted by Gasteiger charge is -2.26. The first-order valence-electron chi connectivity index (χ1n) is 7.01. The Hall–Kier alpha value is -1.90. The Kier molecular flexibility index (Phi) is 3.68. The summed E-state index contributed by atoms with van der Waals surface area (Å²) in [6, 6.07) is 11.9. The van der Waals surface area contributed by atoms with Crippen molar-refractivity contribution >= 4 is 5.69 Å². The van der Waals surface area contributed by atoms with Crippen molar-refractivity contribution in [2.24, 2.45) is 0 Å². The molecule has 1 nitrogen and oxygen atoms in total. The lowest BCUT2D eigenvalue weighted by atomic mass is 9.86. The van der Waals surface area contributed by atoms with E-state index >= 15 is 0 Å². The number of para-hydroxylation sites is 1. The van der Waals surface area contributed by atoms with Crippen LogP contribution in [0.2, 0.25) is 0 Å². The molecule has 1 unspecified atom stereocenters. The average molecular weight is 273 g/mol. The van der Waals surface area contributed by atoms with Crippen LogP contribution in [0.25, 0.3) is 0 Å². The molecule has 1 heterocycles. The number of hydrogen-bond acceptors (Lipinski definition) is 1. The molecule has 1 aliphatic rings. The predicted octanol–water partition coefficient (Wildman–Crippen LogP) is 4.50. The van der Waals surface area contributed by atoms with Gasteiger partial charge in [-0.15, -0.1) is 0 Å². The molecule has 1 atom stereocenters. The van der Waals surface area contributed by atoms with Crippen LogP contribution >= 0.6 is 0 Å². The van der Waals surface area contributed by atoms with Crippen molar-refractivity contribution in [2.75, 3.05) is 11.9 Å². The Bertz CT molecular complexity index is 610. The zero-order valence-corrected chi connectivity index (χ0v) is 11.2. The molecule has 0 radical (unpaired) electrons. The predicted molar refractivity (Wildman–Crippen MR) is 77.0 cm³/mol. The molecule has 0 aromatic heterocycles. The smallest absolute Gasteiger partial charge is 0.126 e. The van der Waals surface area contributed by atoms with Crippen LogP contribution < -0.4 is 5.32 Å². The molecular formula is C17H17F2N. The standard InChI is InChI=1S/C17H17F2N/c18-14-7-8-16(19)13(11-14)6-5-12-9-10-20-17-4-2-1-3-15(12)17/h1-4,7-8,11-12,20H,5-6,9-10H2. The monoisotopic (exact) mass is 273 g/mol. The van der Waals surface area contributed by atoms with Crippen LogP contribution in [0.15, 0.2) is 42.5 Å². The van der Waals surface area contributed by atoms with E-state index in [1.165, 1.54) is 29.4 Å². The lowest BCUT2D eigenvalue weighted by molar-refractivity contribution is 0.548. The molecule has 0 spiro atoms. The van der Waals surface area contributed by atoms with Crippen molar-refractivity contribution in [3.63, 3.8) is 0 Å². The zero-order chi connectivity index (χ0) is 13.9. The number of rotatable bonds is 3. The van der Waals surface area contributed by atoms with Gasteiger partial charge in [-0.2, -0.15) is 0 Å². The van der Waals surface area contributed by atoms with Crippen molar-refractivity contribution < 1.29 is 8.78 Å². The summed E-state index contributed by atoms with van der Waals surface area (Å²) in [5.41, 5.74) is 2.93. The quantitative estimate of drug-likeness (QED) is 0.868. The summed E-state index contributed by atoms with van der Waals surface area (Å²) >= 11 is 0. The molecule has 0 amide bonds. The second-order valence-corrected chi connectivity index (χ2v) is 5.27. The fraction of sp³-hybridized carbons (Fsp3) is 0.294. The Morgan fingerprint density at radius 1 is 1.10 bits per heavy atom. The van der Waals surface area contributed by atoms with Crippen LogP contribution in [0.4, 0.5) is 14.5 Å². The highest BCUT2D eigenvalue weighted by Gasteiger charge is 2.19. The van der Waals surface area contributed by atoms with E-state index in [9.17, 15) is 8.78 Å². The molecule has 1 aliphatic heterocycles. The molecule has 2 aromatic rings. The van der Waals surface area contributed by atoms with Crippen LogP contribution in [-0.4, -0.2) is 6.54 Å². The van der Waals surface area contributed by atoms with Crippen LogP contribution in [0.3, 0.4) is 0 Å². The summed E-state index contributed by atoms with van der Waals surface area (Å²) in [5.74, 6) is -0.268.